The summed E-state index contributed by atoms with van der Waals surface area (Å²) >= 11 is 0. The van der Waals surface area contributed by atoms with Crippen molar-refractivity contribution in [3.05, 3.63) is 0 Å². The van der Waals surface area contributed by atoms with Crippen molar-refractivity contribution in [2.75, 3.05) is 33.0 Å². The molecule has 0 aliphatic carbocycles. The van der Waals surface area contributed by atoms with Gasteiger partial charge in [-0.05, 0) is 13.8 Å². The summed E-state index contributed by atoms with van der Waals surface area (Å²) in [7, 11) is 0. The molecule has 0 unspecified atom stereocenters. The Hall–Kier alpha value is -0.650. The Labute approximate surface area is 83.6 Å². The summed E-state index contributed by atoms with van der Waals surface area (Å²) in [4.78, 5) is 10.6. The Morgan fingerprint density at radius 2 is 1.79 bits per heavy atom. The zero-order chi connectivity index (χ0) is 11.0. The summed E-state index contributed by atoms with van der Waals surface area (Å²) in [5.74, 6) is -0.881. The predicted octanol–water partition coefficient (Wildman–Crippen LogP) is 0.123. The molecule has 0 atom stereocenters. The quantitative estimate of drug-likeness (QED) is 0.552. The van der Waals surface area contributed by atoms with Crippen LogP contribution >= 0.6 is 0 Å². The minimum atomic E-state index is -0.881. The van der Waals surface area contributed by atoms with Gasteiger partial charge in [0.25, 0.3) is 0 Å². The first kappa shape index (κ1) is 13.4. The van der Waals surface area contributed by atoms with E-state index in [2.05, 4.69) is 0 Å². The van der Waals surface area contributed by atoms with E-state index in [1.54, 1.807) is 13.8 Å². The van der Waals surface area contributed by atoms with Crippen molar-refractivity contribution in [1.29, 1.82) is 0 Å². The van der Waals surface area contributed by atoms with Crippen LogP contribution in [0, 0.1) is 5.41 Å². The Balaban J connectivity index is 3.40. The number of ether oxygens (including phenoxy) is 2. The zero-order valence-corrected chi connectivity index (χ0v) is 8.65. The van der Waals surface area contributed by atoms with Crippen LogP contribution in [0.25, 0.3) is 0 Å². The van der Waals surface area contributed by atoms with Crippen LogP contribution < -0.4 is 0 Å². The summed E-state index contributed by atoms with van der Waals surface area (Å²) in [6.07, 6.45) is 0. The third-order valence-corrected chi connectivity index (χ3v) is 1.65. The predicted molar refractivity (Wildman–Crippen MR) is 50.1 cm³/mol. The lowest BCUT2D eigenvalue weighted by atomic mass is 9.95. The summed E-state index contributed by atoms with van der Waals surface area (Å²) in [5.41, 5.74) is -0.864. The number of carboxylic acids is 1. The third-order valence-electron chi connectivity index (χ3n) is 1.65. The largest absolute Gasteiger partial charge is 0.481 e. The van der Waals surface area contributed by atoms with E-state index >= 15 is 0 Å². The summed E-state index contributed by atoms with van der Waals surface area (Å²) in [5, 5.41) is 17.1. The highest BCUT2D eigenvalue weighted by Gasteiger charge is 2.27. The lowest BCUT2D eigenvalue weighted by molar-refractivity contribution is -0.150. The molecule has 0 aromatic heterocycles. The molecule has 84 valence electrons. The molecule has 0 aromatic carbocycles. The molecule has 0 bridgehead atoms. The number of carbonyl (C=O) groups is 1. The molecule has 0 fully saturated rings. The average molecular weight is 206 g/mol. The van der Waals surface area contributed by atoms with Crippen LogP contribution in [0.1, 0.15) is 13.8 Å². The number of aliphatic hydroxyl groups is 1. The van der Waals surface area contributed by atoms with Crippen LogP contribution in [0.5, 0.6) is 0 Å². The van der Waals surface area contributed by atoms with Gasteiger partial charge in [0.2, 0.25) is 0 Å². The highest BCUT2D eigenvalue weighted by atomic mass is 16.5. The van der Waals surface area contributed by atoms with E-state index in [4.69, 9.17) is 19.7 Å². The minimum Gasteiger partial charge on any atom is -0.481 e. The molecule has 0 spiro atoms. The van der Waals surface area contributed by atoms with Crippen molar-refractivity contribution in [1.82, 2.24) is 0 Å². The minimum absolute atomic E-state index is 0.0133. The first-order valence-electron chi connectivity index (χ1n) is 4.50. The van der Waals surface area contributed by atoms with Crippen molar-refractivity contribution in [3.63, 3.8) is 0 Å². The normalized spacial score (nSPS) is 11.6. The van der Waals surface area contributed by atoms with E-state index in [1.807, 2.05) is 0 Å². The third kappa shape index (κ3) is 5.90. The highest BCUT2D eigenvalue weighted by Crippen LogP contribution is 2.14. The zero-order valence-electron chi connectivity index (χ0n) is 8.65. The summed E-state index contributed by atoms with van der Waals surface area (Å²) < 4.78 is 10.1. The molecule has 0 aliphatic rings. The van der Waals surface area contributed by atoms with Crippen molar-refractivity contribution in [2.24, 2.45) is 5.41 Å². The molecule has 0 rings (SSSR count). The van der Waals surface area contributed by atoms with Crippen LogP contribution in [0.15, 0.2) is 0 Å². The van der Waals surface area contributed by atoms with E-state index in [0.29, 0.717) is 13.2 Å². The fourth-order valence-electron chi connectivity index (χ4n) is 0.674. The molecule has 5 nitrogen and oxygen atoms in total. The van der Waals surface area contributed by atoms with E-state index in [-0.39, 0.29) is 19.8 Å². The van der Waals surface area contributed by atoms with Crippen molar-refractivity contribution in [3.8, 4) is 0 Å². The maximum atomic E-state index is 10.6. The van der Waals surface area contributed by atoms with Crippen LogP contribution in [0.2, 0.25) is 0 Å². The molecular weight excluding hydrogens is 188 g/mol. The fourth-order valence-corrected chi connectivity index (χ4v) is 0.674. The van der Waals surface area contributed by atoms with Crippen molar-refractivity contribution in [2.45, 2.75) is 13.8 Å². The van der Waals surface area contributed by atoms with E-state index in [1.165, 1.54) is 0 Å². The first-order valence-corrected chi connectivity index (χ1v) is 4.50. The second-order valence-electron chi connectivity index (χ2n) is 3.58. The van der Waals surface area contributed by atoms with Gasteiger partial charge in [0, 0.05) is 0 Å². The molecule has 0 saturated carbocycles. The number of hydrogen-bond acceptors (Lipinski definition) is 4. The molecule has 5 heteroatoms. The molecule has 2 N–H and O–H groups in total. The van der Waals surface area contributed by atoms with Crippen molar-refractivity contribution < 1.29 is 24.5 Å². The molecule has 0 radical (unpaired) electrons. The summed E-state index contributed by atoms with van der Waals surface area (Å²) in [6, 6.07) is 0. The monoisotopic (exact) mass is 206 g/mol. The van der Waals surface area contributed by atoms with Gasteiger partial charge in [0.1, 0.15) is 0 Å². The number of rotatable bonds is 8. The molecule has 0 saturated heterocycles. The van der Waals surface area contributed by atoms with Gasteiger partial charge in [0.05, 0.1) is 38.4 Å². The second-order valence-corrected chi connectivity index (χ2v) is 3.58. The van der Waals surface area contributed by atoms with Gasteiger partial charge in [0.15, 0.2) is 0 Å². The number of aliphatic carboxylic acids is 1. The van der Waals surface area contributed by atoms with E-state index in [0.717, 1.165) is 0 Å². The number of aliphatic hydroxyl groups excluding tert-OH is 1. The standard InChI is InChI=1S/C9H18O5/c1-9(2,8(11)12)7-14-6-5-13-4-3-10/h10H,3-7H2,1-2H3,(H,11,12). The van der Waals surface area contributed by atoms with Gasteiger partial charge in [-0.15, -0.1) is 0 Å². The lowest BCUT2D eigenvalue weighted by Gasteiger charge is -2.18. The fraction of sp³-hybridized carbons (Fsp3) is 0.889. The number of hydrogen-bond donors (Lipinski definition) is 2. The van der Waals surface area contributed by atoms with Crippen LogP contribution in [-0.2, 0) is 14.3 Å². The van der Waals surface area contributed by atoms with Gasteiger partial charge in [-0.2, -0.15) is 0 Å². The number of carboxylic acid groups (broad SMARTS) is 1. The smallest absolute Gasteiger partial charge is 0.311 e. The van der Waals surface area contributed by atoms with Gasteiger partial charge in [-0.25, -0.2) is 0 Å². The van der Waals surface area contributed by atoms with Crippen LogP contribution in [0.3, 0.4) is 0 Å². The van der Waals surface area contributed by atoms with Gasteiger partial charge in [-0.1, -0.05) is 0 Å². The lowest BCUT2D eigenvalue weighted by Crippen LogP contribution is -2.29. The van der Waals surface area contributed by atoms with Gasteiger partial charge < -0.3 is 19.7 Å². The molecule has 0 amide bonds. The Bertz CT molecular complexity index is 167. The SMILES string of the molecule is CC(C)(COCCOCCO)C(=O)O. The Morgan fingerprint density at radius 1 is 1.21 bits per heavy atom. The summed E-state index contributed by atoms with van der Waals surface area (Å²) in [6.45, 7) is 4.35. The highest BCUT2D eigenvalue weighted by molar-refractivity contribution is 5.73. The van der Waals surface area contributed by atoms with E-state index in [9.17, 15) is 4.79 Å². The Kier molecular flexibility index (Phi) is 6.44. The molecule has 0 aromatic rings. The Morgan fingerprint density at radius 3 is 2.29 bits per heavy atom. The molecule has 14 heavy (non-hydrogen) atoms. The maximum absolute atomic E-state index is 10.6. The van der Waals surface area contributed by atoms with Crippen LogP contribution in [-0.4, -0.2) is 49.2 Å². The van der Waals surface area contributed by atoms with Gasteiger partial charge in [-0.3, -0.25) is 4.79 Å². The van der Waals surface area contributed by atoms with Crippen LogP contribution in [0.4, 0.5) is 0 Å². The van der Waals surface area contributed by atoms with E-state index < -0.39 is 11.4 Å². The molecular formula is C9H18O5. The maximum Gasteiger partial charge on any atom is 0.311 e. The van der Waals surface area contributed by atoms with Crippen molar-refractivity contribution >= 4 is 5.97 Å². The molecule has 0 aliphatic heterocycles. The first-order chi connectivity index (χ1) is 6.50. The van der Waals surface area contributed by atoms with Gasteiger partial charge >= 0.3 is 5.97 Å². The average Bonchev–Trinajstić information content (AvgIpc) is 2.10. The topological polar surface area (TPSA) is 76.0 Å². The molecule has 0 heterocycles. The second kappa shape index (κ2) is 6.75.